The molecule has 0 aliphatic rings. The van der Waals surface area contributed by atoms with Crippen LogP contribution in [-0.2, 0) is 0 Å². The summed E-state index contributed by atoms with van der Waals surface area (Å²) in [5.74, 6) is -0.393. The van der Waals surface area contributed by atoms with Crippen molar-refractivity contribution < 1.29 is 13.9 Å². The van der Waals surface area contributed by atoms with E-state index in [2.05, 4.69) is 10.1 Å². The zero-order chi connectivity index (χ0) is 10.4. The summed E-state index contributed by atoms with van der Waals surface area (Å²) in [5.41, 5.74) is 0. The number of carbonyl (C=O) groups excluding carboxylic acids is 1. The number of nitrogens with one attached hydrogen (secondary N) is 1. The van der Waals surface area contributed by atoms with Gasteiger partial charge in [-0.3, -0.25) is 0 Å². The van der Waals surface area contributed by atoms with Gasteiger partial charge >= 0.3 is 6.09 Å². The molecule has 72 valence electrons. The van der Waals surface area contributed by atoms with E-state index in [1.165, 1.54) is 18.2 Å². The molecule has 0 atom stereocenters. The Morgan fingerprint density at radius 2 is 2.43 bits per heavy atom. The number of hydrogen-bond donors (Lipinski definition) is 1. The normalized spacial score (nSPS) is 8.86. The summed E-state index contributed by atoms with van der Waals surface area (Å²) in [5, 5.41) is 10.3. The number of ether oxygens (including phenoxy) is 1. The maximum atomic E-state index is 12.6. The van der Waals surface area contributed by atoms with Crippen LogP contribution in [0.1, 0.15) is 0 Å². The predicted molar refractivity (Wildman–Crippen MR) is 46.0 cm³/mol. The van der Waals surface area contributed by atoms with Gasteiger partial charge in [0.25, 0.3) is 0 Å². The first-order valence-electron chi connectivity index (χ1n) is 3.80. The van der Waals surface area contributed by atoms with E-state index in [0.29, 0.717) is 0 Å². The van der Waals surface area contributed by atoms with Gasteiger partial charge < -0.3 is 10.1 Å². The molecule has 14 heavy (non-hydrogen) atoms. The fourth-order valence-corrected chi connectivity index (χ4v) is 0.785. The minimum absolute atomic E-state index is 0.0976. The van der Waals surface area contributed by atoms with Gasteiger partial charge in [0.1, 0.15) is 18.1 Å². The third kappa shape index (κ3) is 3.11. The molecular weight excluding hydrogens is 187 g/mol. The average Bonchev–Trinajstić information content (AvgIpc) is 2.15. The summed E-state index contributed by atoms with van der Waals surface area (Å²) in [7, 11) is 0. The Balaban J connectivity index is 2.53. The lowest BCUT2D eigenvalue weighted by molar-refractivity contribution is 0.201. The van der Waals surface area contributed by atoms with Crippen molar-refractivity contribution in [3.05, 3.63) is 30.1 Å². The summed E-state index contributed by atoms with van der Waals surface area (Å²) in [6.45, 7) is -0.145. The van der Waals surface area contributed by atoms with Crippen molar-refractivity contribution in [3.8, 4) is 11.8 Å². The Hall–Kier alpha value is -2.09. The van der Waals surface area contributed by atoms with Crippen LogP contribution in [0, 0.1) is 17.1 Å². The molecule has 0 spiro atoms. The lowest BCUT2D eigenvalue weighted by Gasteiger charge is -2.03. The molecule has 1 amide bonds. The molecule has 0 aliphatic heterocycles. The van der Waals surface area contributed by atoms with E-state index in [9.17, 15) is 9.18 Å². The van der Waals surface area contributed by atoms with Crippen LogP contribution in [-0.4, -0.2) is 12.6 Å². The van der Waals surface area contributed by atoms with E-state index in [4.69, 9.17) is 5.26 Å². The Kier molecular flexibility index (Phi) is 3.44. The maximum absolute atomic E-state index is 12.6. The highest BCUT2D eigenvalue weighted by atomic mass is 19.1. The highest BCUT2D eigenvalue weighted by Crippen LogP contribution is 2.11. The second-order valence-electron chi connectivity index (χ2n) is 2.36. The van der Waals surface area contributed by atoms with Gasteiger partial charge in [0.05, 0.1) is 6.07 Å². The number of hydrogen-bond acceptors (Lipinski definition) is 3. The summed E-state index contributed by atoms with van der Waals surface area (Å²) >= 11 is 0. The number of halogens is 1. The molecule has 0 aromatic heterocycles. The topological polar surface area (TPSA) is 62.1 Å². The largest absolute Gasteiger partial charge is 0.413 e. The number of rotatable bonds is 2. The summed E-state index contributed by atoms with van der Waals surface area (Å²) in [4.78, 5) is 10.9. The molecule has 0 saturated heterocycles. The molecule has 0 saturated carbocycles. The average molecular weight is 194 g/mol. The number of amides is 1. The standard InChI is InChI=1S/C9H7FN2O2/c10-7-2-1-3-8(6-7)14-9(13)12-5-4-11/h1-3,6H,5H2,(H,12,13). The molecule has 0 fully saturated rings. The summed E-state index contributed by atoms with van der Waals surface area (Å²) < 4.78 is 17.3. The predicted octanol–water partition coefficient (Wildman–Crippen LogP) is 1.44. The molecule has 0 radical (unpaired) electrons. The van der Waals surface area contributed by atoms with Crippen molar-refractivity contribution in [2.45, 2.75) is 0 Å². The number of nitriles is 1. The fourth-order valence-electron chi connectivity index (χ4n) is 0.785. The molecule has 1 rings (SSSR count). The number of nitrogens with zero attached hydrogens (tertiary/aromatic N) is 1. The number of benzene rings is 1. The third-order valence-corrected chi connectivity index (χ3v) is 1.32. The van der Waals surface area contributed by atoms with E-state index in [1.807, 2.05) is 0 Å². The minimum Gasteiger partial charge on any atom is -0.410 e. The van der Waals surface area contributed by atoms with Crippen LogP contribution >= 0.6 is 0 Å². The first kappa shape index (κ1) is 9.99. The minimum atomic E-state index is -0.780. The second-order valence-corrected chi connectivity index (χ2v) is 2.36. The van der Waals surface area contributed by atoms with Gasteiger partial charge in [-0.25, -0.2) is 9.18 Å². The molecule has 1 aromatic rings. The van der Waals surface area contributed by atoms with Crippen LogP contribution in [0.5, 0.6) is 5.75 Å². The highest BCUT2D eigenvalue weighted by molar-refractivity contribution is 5.70. The van der Waals surface area contributed by atoms with E-state index < -0.39 is 11.9 Å². The quantitative estimate of drug-likeness (QED) is 0.724. The molecule has 1 N–H and O–H groups in total. The van der Waals surface area contributed by atoms with E-state index >= 15 is 0 Å². The van der Waals surface area contributed by atoms with Crippen molar-refractivity contribution in [3.63, 3.8) is 0 Å². The Bertz CT molecular complexity index is 373. The SMILES string of the molecule is N#CCNC(=O)Oc1cccc(F)c1. The Morgan fingerprint density at radius 3 is 3.07 bits per heavy atom. The van der Waals surface area contributed by atoms with Crippen LogP contribution in [0.3, 0.4) is 0 Å². The molecule has 4 nitrogen and oxygen atoms in total. The Morgan fingerprint density at radius 1 is 1.64 bits per heavy atom. The summed E-state index contributed by atoms with van der Waals surface area (Å²) in [6, 6.07) is 6.88. The first-order valence-corrected chi connectivity index (χ1v) is 3.80. The van der Waals surface area contributed by atoms with Crippen LogP contribution in [0.25, 0.3) is 0 Å². The number of carbonyl (C=O) groups is 1. The second kappa shape index (κ2) is 4.82. The zero-order valence-corrected chi connectivity index (χ0v) is 7.16. The van der Waals surface area contributed by atoms with Crippen molar-refractivity contribution in [1.29, 1.82) is 5.26 Å². The van der Waals surface area contributed by atoms with E-state index in [1.54, 1.807) is 6.07 Å². The molecule has 5 heteroatoms. The fraction of sp³-hybridized carbons (Fsp3) is 0.111. The molecule has 0 unspecified atom stereocenters. The van der Waals surface area contributed by atoms with Gasteiger partial charge in [-0.2, -0.15) is 5.26 Å². The van der Waals surface area contributed by atoms with Gasteiger partial charge in [-0.1, -0.05) is 6.07 Å². The van der Waals surface area contributed by atoms with Gasteiger partial charge in [0.2, 0.25) is 0 Å². The van der Waals surface area contributed by atoms with Crippen molar-refractivity contribution in [2.75, 3.05) is 6.54 Å². The van der Waals surface area contributed by atoms with Crippen LogP contribution in [0.2, 0.25) is 0 Å². The van der Waals surface area contributed by atoms with Gasteiger partial charge in [-0.15, -0.1) is 0 Å². The van der Waals surface area contributed by atoms with Crippen LogP contribution < -0.4 is 10.1 Å². The lowest BCUT2D eigenvalue weighted by Crippen LogP contribution is -2.26. The van der Waals surface area contributed by atoms with Crippen LogP contribution in [0.15, 0.2) is 24.3 Å². The molecule has 0 heterocycles. The van der Waals surface area contributed by atoms with Crippen molar-refractivity contribution in [2.24, 2.45) is 0 Å². The van der Waals surface area contributed by atoms with Gasteiger partial charge in [0.15, 0.2) is 0 Å². The van der Waals surface area contributed by atoms with E-state index in [-0.39, 0.29) is 12.3 Å². The van der Waals surface area contributed by atoms with E-state index in [0.717, 1.165) is 6.07 Å². The molecule has 1 aromatic carbocycles. The monoisotopic (exact) mass is 194 g/mol. The lowest BCUT2D eigenvalue weighted by atomic mass is 10.3. The van der Waals surface area contributed by atoms with Crippen LogP contribution in [0.4, 0.5) is 9.18 Å². The third-order valence-electron chi connectivity index (χ3n) is 1.32. The van der Waals surface area contributed by atoms with Gasteiger partial charge in [0, 0.05) is 6.07 Å². The summed E-state index contributed by atoms with van der Waals surface area (Å²) in [6.07, 6.45) is -0.780. The molecular formula is C9H7FN2O2. The molecule has 0 aliphatic carbocycles. The Labute approximate surface area is 79.9 Å². The zero-order valence-electron chi connectivity index (χ0n) is 7.16. The van der Waals surface area contributed by atoms with Gasteiger partial charge in [-0.05, 0) is 12.1 Å². The van der Waals surface area contributed by atoms with Crippen molar-refractivity contribution >= 4 is 6.09 Å². The first-order chi connectivity index (χ1) is 6.72. The highest BCUT2D eigenvalue weighted by Gasteiger charge is 2.03. The smallest absolute Gasteiger partial charge is 0.410 e. The van der Waals surface area contributed by atoms with Crippen molar-refractivity contribution in [1.82, 2.24) is 5.32 Å². The maximum Gasteiger partial charge on any atom is 0.413 e. The molecule has 0 bridgehead atoms.